The summed E-state index contributed by atoms with van der Waals surface area (Å²) in [5, 5.41) is 2.92. The van der Waals surface area contributed by atoms with Crippen molar-refractivity contribution in [1.82, 2.24) is 4.90 Å². The Balaban J connectivity index is 1.44. The third kappa shape index (κ3) is 4.75. The molecule has 3 aromatic rings. The predicted molar refractivity (Wildman–Crippen MR) is 125 cm³/mol. The van der Waals surface area contributed by atoms with E-state index in [1.54, 1.807) is 52.3 Å². The second kappa shape index (κ2) is 9.40. The molecule has 0 unspecified atom stereocenters. The number of carbonyl (C=O) groups excluding carboxylic acids is 2. The molecule has 3 aromatic carbocycles. The summed E-state index contributed by atoms with van der Waals surface area (Å²) in [7, 11) is 0. The van der Waals surface area contributed by atoms with Gasteiger partial charge in [0.1, 0.15) is 5.82 Å². The van der Waals surface area contributed by atoms with Crippen LogP contribution >= 0.6 is 11.6 Å². The number of nitrogens with one attached hydrogen (secondary N) is 1. The fourth-order valence-electron chi connectivity index (χ4n) is 3.76. The van der Waals surface area contributed by atoms with E-state index >= 15 is 0 Å². The molecule has 0 saturated carbocycles. The molecule has 7 heteroatoms. The van der Waals surface area contributed by atoms with E-state index in [2.05, 4.69) is 5.32 Å². The van der Waals surface area contributed by atoms with Gasteiger partial charge in [-0.3, -0.25) is 9.69 Å². The average molecular weight is 452 g/mol. The number of carbonyl (C=O) groups is 2. The number of hydrogen-bond donors (Lipinski definition) is 1. The molecule has 1 aliphatic heterocycles. The molecule has 1 aliphatic rings. The molecule has 4 rings (SSSR count). The zero-order chi connectivity index (χ0) is 22.7. The summed E-state index contributed by atoms with van der Waals surface area (Å²) in [6, 6.07) is 19.1. The van der Waals surface area contributed by atoms with Gasteiger partial charge in [-0.25, -0.2) is 9.18 Å². The lowest BCUT2D eigenvalue weighted by Gasteiger charge is -2.35. The number of rotatable bonds is 5. The number of urea groups is 1. The van der Waals surface area contributed by atoms with Crippen molar-refractivity contribution in [1.29, 1.82) is 0 Å². The van der Waals surface area contributed by atoms with Crippen LogP contribution in [-0.4, -0.2) is 29.9 Å². The third-order valence-electron chi connectivity index (χ3n) is 5.42. The molecule has 0 atom stereocenters. The number of amides is 3. The summed E-state index contributed by atoms with van der Waals surface area (Å²) >= 11 is 5.87. The summed E-state index contributed by atoms with van der Waals surface area (Å²) in [6.07, 6.45) is 0.764. The van der Waals surface area contributed by atoms with Crippen molar-refractivity contribution < 1.29 is 14.0 Å². The van der Waals surface area contributed by atoms with Gasteiger partial charge in [-0.05, 0) is 55.8 Å². The smallest absolute Gasteiger partial charge is 0.322 e. The van der Waals surface area contributed by atoms with E-state index in [1.807, 2.05) is 25.1 Å². The minimum atomic E-state index is -0.493. The Morgan fingerprint density at radius 2 is 1.81 bits per heavy atom. The molecule has 1 heterocycles. The van der Waals surface area contributed by atoms with Crippen LogP contribution in [-0.2, 0) is 6.54 Å². The predicted octanol–water partition coefficient (Wildman–Crippen LogP) is 5.87. The standard InChI is InChI=1S/C25H23ClFN3O2/c1-17-5-2-6-18(15-17)24(31)28-20-9-11-21(12-10-20)30-14-4-13-29(25(30)32)16-19-7-3-8-22(26)23(19)27/h2-3,5-12,15H,4,13-14,16H2,1H3,(H,28,31). The fourth-order valence-corrected chi connectivity index (χ4v) is 3.95. The highest BCUT2D eigenvalue weighted by molar-refractivity contribution is 6.30. The lowest BCUT2D eigenvalue weighted by molar-refractivity contribution is 0.102. The summed E-state index contributed by atoms with van der Waals surface area (Å²) in [5.74, 6) is -0.682. The number of anilines is 2. The van der Waals surface area contributed by atoms with Crippen LogP contribution in [0.4, 0.5) is 20.6 Å². The van der Waals surface area contributed by atoms with Crippen LogP contribution in [0.25, 0.3) is 0 Å². The van der Waals surface area contributed by atoms with Crippen molar-refractivity contribution >= 4 is 34.9 Å². The highest BCUT2D eigenvalue weighted by Crippen LogP contribution is 2.25. The lowest BCUT2D eigenvalue weighted by atomic mass is 10.1. The monoisotopic (exact) mass is 451 g/mol. The van der Waals surface area contributed by atoms with Crippen LogP contribution in [0.3, 0.4) is 0 Å². The normalized spacial score (nSPS) is 13.9. The minimum Gasteiger partial charge on any atom is -0.322 e. The molecule has 164 valence electrons. The second-order valence-corrected chi connectivity index (χ2v) is 8.20. The first-order valence-electron chi connectivity index (χ1n) is 10.4. The molecule has 0 spiro atoms. The van der Waals surface area contributed by atoms with Crippen molar-refractivity contribution in [2.75, 3.05) is 23.3 Å². The Morgan fingerprint density at radius 1 is 1.06 bits per heavy atom. The molecule has 32 heavy (non-hydrogen) atoms. The number of nitrogens with zero attached hydrogens (tertiary/aromatic N) is 2. The molecule has 0 bridgehead atoms. The summed E-state index contributed by atoms with van der Waals surface area (Å²) < 4.78 is 14.3. The Kier molecular flexibility index (Phi) is 6.42. The second-order valence-electron chi connectivity index (χ2n) is 7.79. The summed E-state index contributed by atoms with van der Waals surface area (Å²) in [4.78, 5) is 28.8. The number of aryl methyl sites for hydroxylation is 1. The third-order valence-corrected chi connectivity index (χ3v) is 5.71. The Morgan fingerprint density at radius 3 is 2.56 bits per heavy atom. The van der Waals surface area contributed by atoms with Crippen molar-refractivity contribution in [3.8, 4) is 0 Å². The Hall–Kier alpha value is -3.38. The first kappa shape index (κ1) is 21.8. The maximum atomic E-state index is 14.3. The fraction of sp³-hybridized carbons (Fsp3) is 0.200. The summed E-state index contributed by atoms with van der Waals surface area (Å²) in [6.45, 7) is 3.21. The zero-order valence-corrected chi connectivity index (χ0v) is 18.4. The van der Waals surface area contributed by atoms with E-state index in [-0.39, 0.29) is 23.5 Å². The topological polar surface area (TPSA) is 52.7 Å². The molecular weight excluding hydrogens is 429 g/mol. The van der Waals surface area contributed by atoms with Gasteiger partial charge in [-0.1, -0.05) is 41.4 Å². The SMILES string of the molecule is Cc1cccc(C(=O)Nc2ccc(N3CCCN(Cc4cccc(Cl)c4F)C3=O)cc2)c1. The Bertz CT molecular complexity index is 1150. The van der Waals surface area contributed by atoms with E-state index in [9.17, 15) is 14.0 Å². The highest BCUT2D eigenvalue weighted by Gasteiger charge is 2.27. The highest BCUT2D eigenvalue weighted by atomic mass is 35.5. The largest absolute Gasteiger partial charge is 0.324 e. The number of halogens is 2. The van der Waals surface area contributed by atoms with Crippen LogP contribution in [0.15, 0.2) is 66.7 Å². The van der Waals surface area contributed by atoms with Crippen molar-refractivity contribution in [2.24, 2.45) is 0 Å². The molecule has 1 saturated heterocycles. The molecule has 3 amide bonds. The molecule has 5 nitrogen and oxygen atoms in total. The van der Waals surface area contributed by atoms with Gasteiger partial charge in [0.2, 0.25) is 0 Å². The zero-order valence-electron chi connectivity index (χ0n) is 17.6. The van der Waals surface area contributed by atoms with Gasteiger partial charge in [-0.15, -0.1) is 0 Å². The van der Waals surface area contributed by atoms with Gasteiger partial charge in [0.05, 0.1) is 11.6 Å². The first-order valence-corrected chi connectivity index (χ1v) is 10.8. The Labute approximate surface area is 191 Å². The molecule has 0 aliphatic carbocycles. The van der Waals surface area contributed by atoms with E-state index in [0.717, 1.165) is 17.7 Å². The van der Waals surface area contributed by atoms with Crippen LogP contribution in [0.1, 0.15) is 27.9 Å². The van der Waals surface area contributed by atoms with Crippen molar-refractivity contribution in [2.45, 2.75) is 19.9 Å². The van der Waals surface area contributed by atoms with E-state index in [4.69, 9.17) is 11.6 Å². The average Bonchev–Trinajstić information content (AvgIpc) is 2.79. The molecule has 0 radical (unpaired) electrons. The van der Waals surface area contributed by atoms with Crippen LogP contribution in [0.5, 0.6) is 0 Å². The summed E-state index contributed by atoms with van der Waals surface area (Å²) in [5.41, 5.74) is 3.35. The number of benzene rings is 3. The van der Waals surface area contributed by atoms with E-state index in [1.165, 1.54) is 6.07 Å². The molecule has 0 aromatic heterocycles. The van der Waals surface area contributed by atoms with Gasteiger partial charge in [-0.2, -0.15) is 0 Å². The van der Waals surface area contributed by atoms with Gasteiger partial charge in [0.25, 0.3) is 5.91 Å². The molecule has 1 fully saturated rings. The van der Waals surface area contributed by atoms with Gasteiger partial charge >= 0.3 is 6.03 Å². The first-order chi connectivity index (χ1) is 15.4. The van der Waals surface area contributed by atoms with E-state index < -0.39 is 5.82 Å². The van der Waals surface area contributed by atoms with Gasteiger partial charge in [0, 0.05) is 35.6 Å². The van der Waals surface area contributed by atoms with Crippen LogP contribution < -0.4 is 10.2 Å². The van der Waals surface area contributed by atoms with Crippen molar-refractivity contribution in [3.63, 3.8) is 0 Å². The van der Waals surface area contributed by atoms with Crippen LogP contribution in [0, 0.1) is 12.7 Å². The molecular formula is C25H23ClFN3O2. The van der Waals surface area contributed by atoms with Crippen molar-refractivity contribution in [3.05, 3.63) is 94.3 Å². The van der Waals surface area contributed by atoms with Crippen LogP contribution in [0.2, 0.25) is 5.02 Å². The van der Waals surface area contributed by atoms with Gasteiger partial charge in [0.15, 0.2) is 0 Å². The number of hydrogen-bond acceptors (Lipinski definition) is 2. The van der Waals surface area contributed by atoms with E-state index in [0.29, 0.717) is 29.9 Å². The lowest BCUT2D eigenvalue weighted by Crippen LogP contribution is -2.49. The molecule has 1 N–H and O–H groups in total. The maximum Gasteiger partial charge on any atom is 0.324 e. The maximum absolute atomic E-state index is 14.3. The van der Waals surface area contributed by atoms with Gasteiger partial charge < -0.3 is 10.2 Å². The minimum absolute atomic E-state index is 0.0483. The quantitative estimate of drug-likeness (QED) is 0.527.